The SMILES string of the molecule is Cc1cc(C(=O)CSc2nnc(-c3ccccc3F)n2C)c(C)[nH]1. The molecule has 0 fully saturated rings. The quantitative estimate of drug-likeness (QED) is 0.568. The second-order valence-corrected chi connectivity index (χ2v) is 6.49. The molecule has 0 aliphatic carbocycles. The number of H-pyrrole nitrogens is 1. The van der Waals surface area contributed by atoms with Crippen molar-refractivity contribution in [3.8, 4) is 11.4 Å². The number of nitrogens with zero attached hydrogens (tertiary/aromatic N) is 3. The number of benzene rings is 1. The summed E-state index contributed by atoms with van der Waals surface area (Å²) in [4.78, 5) is 15.5. The van der Waals surface area contributed by atoms with E-state index < -0.39 is 0 Å². The van der Waals surface area contributed by atoms with E-state index in [1.807, 2.05) is 19.9 Å². The molecule has 0 bridgehead atoms. The van der Waals surface area contributed by atoms with Crippen molar-refractivity contribution in [1.82, 2.24) is 19.7 Å². The Morgan fingerprint density at radius 2 is 2.04 bits per heavy atom. The number of hydrogen-bond acceptors (Lipinski definition) is 4. The third-order valence-electron chi connectivity index (χ3n) is 3.73. The molecule has 0 saturated heterocycles. The Hall–Kier alpha value is -2.41. The zero-order valence-corrected chi connectivity index (χ0v) is 14.4. The van der Waals surface area contributed by atoms with Crippen molar-refractivity contribution in [1.29, 1.82) is 0 Å². The Kier molecular flexibility index (Phi) is 4.53. The molecule has 3 rings (SSSR count). The Bertz CT molecular complexity index is 900. The number of rotatable bonds is 5. The third kappa shape index (κ3) is 3.12. The maximum Gasteiger partial charge on any atom is 0.191 e. The summed E-state index contributed by atoms with van der Waals surface area (Å²) in [7, 11) is 1.76. The number of ketones is 1. The van der Waals surface area contributed by atoms with E-state index in [1.54, 1.807) is 29.8 Å². The maximum absolute atomic E-state index is 13.9. The number of hydrogen-bond donors (Lipinski definition) is 1. The van der Waals surface area contributed by atoms with Crippen molar-refractivity contribution in [2.24, 2.45) is 7.05 Å². The van der Waals surface area contributed by atoms with Crippen LogP contribution in [0.25, 0.3) is 11.4 Å². The molecule has 124 valence electrons. The van der Waals surface area contributed by atoms with E-state index >= 15 is 0 Å². The number of halogens is 1. The first kappa shape index (κ1) is 16.4. The lowest BCUT2D eigenvalue weighted by Gasteiger charge is -2.04. The first-order chi connectivity index (χ1) is 11.5. The monoisotopic (exact) mass is 344 g/mol. The average molecular weight is 344 g/mol. The standard InChI is InChI=1S/C17H17FN4OS/c1-10-8-13(11(2)19-10)15(23)9-24-17-21-20-16(22(17)3)12-6-4-5-7-14(12)18/h4-8,19H,9H2,1-3H3. The van der Waals surface area contributed by atoms with Crippen molar-refractivity contribution >= 4 is 17.5 Å². The molecule has 0 amide bonds. The summed E-state index contributed by atoms with van der Waals surface area (Å²) < 4.78 is 15.6. The number of carbonyl (C=O) groups is 1. The predicted molar refractivity (Wildman–Crippen MR) is 91.7 cm³/mol. The molecule has 0 atom stereocenters. The zero-order valence-electron chi connectivity index (χ0n) is 13.6. The number of Topliss-reactive ketones (excluding diaryl/α,β-unsaturated/α-hetero) is 1. The number of aryl methyl sites for hydroxylation is 2. The molecule has 5 nitrogen and oxygen atoms in total. The van der Waals surface area contributed by atoms with Crippen molar-refractivity contribution in [3.05, 3.63) is 53.1 Å². The predicted octanol–water partition coefficient (Wildman–Crippen LogP) is 3.54. The molecule has 0 unspecified atom stereocenters. The summed E-state index contributed by atoms with van der Waals surface area (Å²) in [6.45, 7) is 3.80. The molecular formula is C17H17FN4OS. The van der Waals surface area contributed by atoms with Crippen LogP contribution in [-0.4, -0.2) is 31.3 Å². The number of thioether (sulfide) groups is 1. The summed E-state index contributed by atoms with van der Waals surface area (Å²) in [5.74, 6) is 0.370. The van der Waals surface area contributed by atoms with Gasteiger partial charge in [0.25, 0.3) is 0 Å². The van der Waals surface area contributed by atoms with Crippen LogP contribution in [0.2, 0.25) is 0 Å². The summed E-state index contributed by atoms with van der Waals surface area (Å²) in [6.07, 6.45) is 0. The molecule has 3 aromatic rings. The van der Waals surface area contributed by atoms with Crippen LogP contribution in [0.4, 0.5) is 4.39 Å². The fourth-order valence-electron chi connectivity index (χ4n) is 2.54. The van der Waals surface area contributed by atoms with Crippen LogP contribution in [0, 0.1) is 19.7 Å². The maximum atomic E-state index is 13.9. The highest BCUT2D eigenvalue weighted by Crippen LogP contribution is 2.25. The molecule has 7 heteroatoms. The van der Waals surface area contributed by atoms with Gasteiger partial charge in [0, 0.05) is 24.0 Å². The summed E-state index contributed by atoms with van der Waals surface area (Å²) >= 11 is 1.29. The minimum atomic E-state index is -0.348. The van der Waals surface area contributed by atoms with Crippen molar-refractivity contribution in [3.63, 3.8) is 0 Å². The molecule has 0 spiro atoms. The van der Waals surface area contributed by atoms with Gasteiger partial charge in [-0.3, -0.25) is 4.79 Å². The molecule has 0 saturated carbocycles. The highest BCUT2D eigenvalue weighted by atomic mass is 32.2. The van der Waals surface area contributed by atoms with Crippen LogP contribution in [0.3, 0.4) is 0 Å². The van der Waals surface area contributed by atoms with Crippen molar-refractivity contribution in [2.45, 2.75) is 19.0 Å². The van der Waals surface area contributed by atoms with Gasteiger partial charge in [-0.15, -0.1) is 10.2 Å². The summed E-state index contributed by atoms with van der Waals surface area (Å²) in [5, 5.41) is 8.71. The number of nitrogens with one attached hydrogen (secondary N) is 1. The molecule has 0 radical (unpaired) electrons. The van der Waals surface area contributed by atoms with Gasteiger partial charge in [0.1, 0.15) is 5.82 Å². The number of aromatic nitrogens is 4. The van der Waals surface area contributed by atoms with Crippen LogP contribution in [0.15, 0.2) is 35.5 Å². The lowest BCUT2D eigenvalue weighted by atomic mass is 10.2. The molecular weight excluding hydrogens is 327 g/mol. The average Bonchev–Trinajstić information content (AvgIpc) is 3.08. The normalized spacial score (nSPS) is 11.0. The van der Waals surface area contributed by atoms with E-state index in [4.69, 9.17) is 0 Å². The van der Waals surface area contributed by atoms with Gasteiger partial charge in [-0.1, -0.05) is 23.9 Å². The van der Waals surface area contributed by atoms with Gasteiger partial charge >= 0.3 is 0 Å². The van der Waals surface area contributed by atoms with Crippen LogP contribution in [0.5, 0.6) is 0 Å². The van der Waals surface area contributed by atoms with Crippen LogP contribution in [0.1, 0.15) is 21.7 Å². The van der Waals surface area contributed by atoms with E-state index in [-0.39, 0.29) is 17.4 Å². The topological polar surface area (TPSA) is 63.6 Å². The smallest absolute Gasteiger partial charge is 0.191 e. The van der Waals surface area contributed by atoms with Gasteiger partial charge in [0.2, 0.25) is 0 Å². The molecule has 0 aliphatic heterocycles. The fraction of sp³-hybridized carbons (Fsp3) is 0.235. The highest BCUT2D eigenvalue weighted by molar-refractivity contribution is 7.99. The fourth-order valence-corrected chi connectivity index (χ4v) is 3.33. The van der Waals surface area contributed by atoms with Crippen molar-refractivity contribution in [2.75, 3.05) is 5.75 Å². The molecule has 1 N–H and O–H groups in total. The Balaban J connectivity index is 1.77. The van der Waals surface area contributed by atoms with Gasteiger partial charge in [-0.2, -0.15) is 0 Å². The van der Waals surface area contributed by atoms with E-state index in [0.29, 0.717) is 22.1 Å². The number of carbonyl (C=O) groups excluding carboxylic acids is 1. The van der Waals surface area contributed by atoms with Crippen LogP contribution >= 0.6 is 11.8 Å². The zero-order chi connectivity index (χ0) is 17.3. The lowest BCUT2D eigenvalue weighted by molar-refractivity contribution is 0.102. The molecule has 24 heavy (non-hydrogen) atoms. The van der Waals surface area contributed by atoms with Gasteiger partial charge in [0.05, 0.1) is 11.3 Å². The van der Waals surface area contributed by atoms with E-state index in [2.05, 4.69) is 15.2 Å². The van der Waals surface area contributed by atoms with Gasteiger partial charge in [0.15, 0.2) is 16.8 Å². The van der Waals surface area contributed by atoms with Gasteiger partial charge in [-0.05, 0) is 32.0 Å². The number of aromatic amines is 1. The minimum absolute atomic E-state index is 0.0253. The van der Waals surface area contributed by atoms with Crippen LogP contribution in [-0.2, 0) is 7.05 Å². The first-order valence-electron chi connectivity index (χ1n) is 7.44. The Morgan fingerprint density at radius 3 is 2.71 bits per heavy atom. The van der Waals surface area contributed by atoms with E-state index in [9.17, 15) is 9.18 Å². The van der Waals surface area contributed by atoms with Gasteiger partial charge < -0.3 is 9.55 Å². The second-order valence-electron chi connectivity index (χ2n) is 5.55. The molecule has 2 aromatic heterocycles. The summed E-state index contributed by atoms with van der Waals surface area (Å²) in [5.41, 5.74) is 2.91. The van der Waals surface area contributed by atoms with Crippen LogP contribution < -0.4 is 0 Å². The van der Waals surface area contributed by atoms with Gasteiger partial charge in [-0.25, -0.2) is 4.39 Å². The lowest BCUT2D eigenvalue weighted by Crippen LogP contribution is -2.04. The molecule has 0 aliphatic rings. The van der Waals surface area contributed by atoms with E-state index in [1.165, 1.54) is 17.8 Å². The Morgan fingerprint density at radius 1 is 1.29 bits per heavy atom. The molecule has 1 aromatic carbocycles. The largest absolute Gasteiger partial charge is 0.362 e. The first-order valence-corrected chi connectivity index (χ1v) is 8.42. The summed E-state index contributed by atoms with van der Waals surface area (Å²) in [6, 6.07) is 8.27. The Labute approximate surface area is 143 Å². The van der Waals surface area contributed by atoms with Crippen molar-refractivity contribution < 1.29 is 9.18 Å². The highest BCUT2D eigenvalue weighted by Gasteiger charge is 2.17. The molecule has 2 heterocycles. The second kappa shape index (κ2) is 6.60. The minimum Gasteiger partial charge on any atom is -0.362 e. The third-order valence-corrected chi connectivity index (χ3v) is 4.75. The van der Waals surface area contributed by atoms with E-state index in [0.717, 1.165) is 11.4 Å².